The molecule has 2 amide bonds. The summed E-state index contributed by atoms with van der Waals surface area (Å²) in [5, 5.41) is 27.9. The van der Waals surface area contributed by atoms with Crippen molar-refractivity contribution in [3.05, 3.63) is 130 Å². The first-order valence-electron chi connectivity index (χ1n) is 21.8. The Balaban J connectivity index is 0.721. The largest absolute Gasteiger partial charge is 0.506 e. The zero-order valence-corrected chi connectivity index (χ0v) is 34.6. The van der Waals surface area contributed by atoms with Gasteiger partial charge in [0.2, 0.25) is 11.5 Å². The van der Waals surface area contributed by atoms with Gasteiger partial charge >= 0.3 is 6.09 Å². The van der Waals surface area contributed by atoms with E-state index in [-0.39, 0.29) is 29.9 Å². The van der Waals surface area contributed by atoms with Crippen molar-refractivity contribution in [2.24, 2.45) is 17.8 Å². The average Bonchev–Trinajstić information content (AvgIpc) is 3.90. The number of hydrogen-bond donors (Lipinski definition) is 5. The number of ether oxygens (including phenoxy) is 2. The first kappa shape index (κ1) is 42.2. The molecule has 2 heterocycles. The normalized spacial score (nSPS) is 19.1. The number of aliphatic hydroxyl groups is 1. The molecule has 3 aliphatic rings. The number of nitrogens with zero attached hydrogens (tertiary/aromatic N) is 2. The van der Waals surface area contributed by atoms with Gasteiger partial charge < -0.3 is 34.9 Å². The van der Waals surface area contributed by atoms with Crippen LogP contribution in [0.3, 0.4) is 0 Å². The van der Waals surface area contributed by atoms with Crippen molar-refractivity contribution in [3.8, 4) is 16.9 Å². The fourth-order valence-electron chi connectivity index (χ4n) is 9.11. The van der Waals surface area contributed by atoms with E-state index in [4.69, 9.17) is 9.47 Å². The highest BCUT2D eigenvalue weighted by molar-refractivity contribution is 5.91. The number of H-pyrrole nitrogens is 1. The van der Waals surface area contributed by atoms with Gasteiger partial charge in [-0.2, -0.15) is 0 Å². The van der Waals surface area contributed by atoms with Crippen LogP contribution in [0.15, 0.2) is 108 Å². The molecule has 4 aromatic carbocycles. The molecule has 2 saturated carbocycles. The van der Waals surface area contributed by atoms with Crippen molar-refractivity contribution in [2.75, 3.05) is 57.8 Å². The third-order valence-corrected chi connectivity index (χ3v) is 12.4. The van der Waals surface area contributed by atoms with Gasteiger partial charge in [0.15, 0.2) is 0 Å². The van der Waals surface area contributed by atoms with Gasteiger partial charge in [0.1, 0.15) is 11.9 Å². The van der Waals surface area contributed by atoms with Crippen LogP contribution in [0.2, 0.25) is 0 Å². The third kappa shape index (κ3) is 11.2. The minimum Gasteiger partial charge on any atom is -0.506 e. The maximum atomic E-state index is 13.3. The molecule has 0 spiro atoms. The molecule has 12 heteroatoms. The number of hydrogen-bond acceptors (Lipinski definition) is 9. The summed E-state index contributed by atoms with van der Waals surface area (Å²) in [5.74, 6) is 1.61. The molecule has 1 saturated heterocycles. The first-order valence-corrected chi connectivity index (χ1v) is 21.8. The number of pyridine rings is 1. The molecule has 320 valence electrons. The number of para-hydroxylation sites is 1. The Morgan fingerprint density at radius 1 is 0.885 bits per heavy atom. The maximum Gasteiger partial charge on any atom is 0.411 e. The Labute approximate surface area is 356 Å². The zero-order chi connectivity index (χ0) is 42.1. The molecule has 2 aliphatic carbocycles. The zero-order valence-electron chi connectivity index (χ0n) is 34.6. The highest BCUT2D eigenvalue weighted by Gasteiger charge is 2.42. The summed E-state index contributed by atoms with van der Waals surface area (Å²) < 4.78 is 11.9. The molecule has 0 radical (unpaired) electrons. The van der Waals surface area contributed by atoms with E-state index in [9.17, 15) is 24.6 Å². The fraction of sp³-hybridized carbons (Fsp3) is 0.408. The summed E-state index contributed by atoms with van der Waals surface area (Å²) >= 11 is 0. The number of aromatic amines is 1. The Morgan fingerprint density at radius 2 is 1.66 bits per heavy atom. The second kappa shape index (κ2) is 19.9. The molecule has 8 rings (SSSR count). The number of nitrogens with one attached hydrogen (secondary N) is 3. The van der Waals surface area contributed by atoms with Crippen molar-refractivity contribution >= 4 is 28.6 Å². The highest BCUT2D eigenvalue weighted by Crippen LogP contribution is 2.40. The number of amides is 2. The molecule has 1 aliphatic heterocycles. The Hall–Kier alpha value is -5.53. The summed E-state index contributed by atoms with van der Waals surface area (Å²) in [6.45, 7) is 5.86. The number of rotatable bonds is 19. The predicted molar refractivity (Wildman–Crippen MR) is 236 cm³/mol. The highest BCUT2D eigenvalue weighted by atomic mass is 16.6. The molecule has 5 N–H and O–H groups in total. The third-order valence-electron chi connectivity index (χ3n) is 12.4. The van der Waals surface area contributed by atoms with Gasteiger partial charge in [-0.25, -0.2) is 4.79 Å². The van der Waals surface area contributed by atoms with E-state index in [1.54, 1.807) is 12.1 Å². The molecule has 5 aromatic rings. The molecule has 0 bridgehead atoms. The van der Waals surface area contributed by atoms with Crippen molar-refractivity contribution in [1.29, 1.82) is 0 Å². The molecule has 1 unspecified atom stereocenters. The summed E-state index contributed by atoms with van der Waals surface area (Å²) in [7, 11) is 0. The summed E-state index contributed by atoms with van der Waals surface area (Å²) in [4.78, 5) is 45.0. The van der Waals surface area contributed by atoms with E-state index in [2.05, 4.69) is 44.8 Å². The van der Waals surface area contributed by atoms with E-state index in [0.717, 1.165) is 75.1 Å². The van der Waals surface area contributed by atoms with E-state index in [0.29, 0.717) is 66.9 Å². The van der Waals surface area contributed by atoms with Crippen molar-refractivity contribution in [2.45, 2.75) is 57.3 Å². The van der Waals surface area contributed by atoms with Gasteiger partial charge in [-0.15, -0.1) is 0 Å². The number of aromatic nitrogens is 1. The van der Waals surface area contributed by atoms with E-state index >= 15 is 0 Å². The van der Waals surface area contributed by atoms with Crippen LogP contribution in [-0.2, 0) is 27.2 Å². The number of aromatic hydroxyl groups is 1. The minimum atomic E-state index is -0.859. The number of aliphatic hydroxyl groups excluding tert-OH is 1. The van der Waals surface area contributed by atoms with Crippen LogP contribution in [-0.4, -0.2) is 95.6 Å². The van der Waals surface area contributed by atoms with E-state index in [1.807, 2.05) is 59.5 Å². The monoisotopic (exact) mass is 827 g/mol. The SMILES string of the molecule is O=C(Nc1ccccc1-c1ccccc1)OC1C[C@@H]2CN(Cc3cccc(CCOCCC(=O)N(CCNC[C@H](O)c4ccc(O)c5[nH]c(=O)ccc45)CC4CC4)c3)C[C@@H]2C1. The van der Waals surface area contributed by atoms with E-state index in [1.165, 1.54) is 23.3 Å². The number of phenols is 1. The smallest absolute Gasteiger partial charge is 0.411 e. The lowest BCUT2D eigenvalue weighted by atomic mass is 10.0. The predicted octanol–water partition coefficient (Wildman–Crippen LogP) is 6.87. The Morgan fingerprint density at radius 3 is 2.46 bits per heavy atom. The molecular formula is C49H57N5O7. The van der Waals surface area contributed by atoms with Crippen molar-refractivity contribution in [1.82, 2.24) is 20.1 Å². The van der Waals surface area contributed by atoms with Crippen molar-refractivity contribution in [3.63, 3.8) is 0 Å². The van der Waals surface area contributed by atoms with Crippen LogP contribution in [0.25, 0.3) is 22.0 Å². The minimum absolute atomic E-state index is 0.0470. The van der Waals surface area contributed by atoms with Gasteiger partial charge in [0.05, 0.1) is 36.9 Å². The van der Waals surface area contributed by atoms with Crippen LogP contribution >= 0.6 is 0 Å². The number of carbonyl (C=O) groups excluding carboxylic acids is 2. The number of benzene rings is 4. The molecule has 3 fully saturated rings. The second-order valence-electron chi connectivity index (χ2n) is 17.0. The van der Waals surface area contributed by atoms with Crippen LogP contribution in [0.1, 0.15) is 54.9 Å². The number of anilines is 1. The van der Waals surface area contributed by atoms with Gasteiger partial charge in [0.25, 0.3) is 0 Å². The van der Waals surface area contributed by atoms with Gasteiger partial charge in [-0.1, -0.05) is 78.9 Å². The number of fused-ring (bicyclic) bond motifs is 2. The standard InChI is InChI=1S/C49H57N5O7/c55-44-17-15-41(42-16-18-46(57)52-48(42)44)45(56)28-50-21-22-54(30-34-13-14-34)47(58)20-24-60-23-19-33-7-6-8-35(25-33)29-53-31-37-26-39(27-38(37)32-53)61-49(59)51-43-12-5-4-11-40(43)36-9-2-1-3-10-36/h1-12,15-18,25,34,37-39,45,50,55-56H,13-14,19-24,26-32H2,(H,51,59)(H,52,57)/t37-,38+,39?,45-/m0/s1. The van der Waals surface area contributed by atoms with Crippen LogP contribution in [0.4, 0.5) is 10.5 Å². The van der Waals surface area contributed by atoms with Gasteiger partial charge in [-0.05, 0) is 90.3 Å². The van der Waals surface area contributed by atoms with Crippen LogP contribution in [0, 0.1) is 17.8 Å². The average molecular weight is 828 g/mol. The van der Waals surface area contributed by atoms with E-state index < -0.39 is 12.2 Å². The Bertz CT molecular complexity index is 2320. The van der Waals surface area contributed by atoms with Crippen molar-refractivity contribution < 1.29 is 29.3 Å². The fourth-order valence-corrected chi connectivity index (χ4v) is 9.11. The van der Waals surface area contributed by atoms with Crippen LogP contribution < -0.4 is 16.2 Å². The number of likely N-dealkylation sites (tertiary alicyclic amines) is 1. The summed E-state index contributed by atoms with van der Waals surface area (Å²) in [6, 6.07) is 32.6. The topological polar surface area (TPSA) is 156 Å². The molecule has 61 heavy (non-hydrogen) atoms. The van der Waals surface area contributed by atoms with Gasteiger partial charge in [0, 0.05) is 62.8 Å². The number of carbonyl (C=O) groups is 2. The molecule has 4 atom stereocenters. The first-order chi connectivity index (χ1) is 29.8. The summed E-state index contributed by atoms with van der Waals surface area (Å²) in [5.41, 5.74) is 5.84. The Kier molecular flexibility index (Phi) is 13.8. The molecule has 1 aromatic heterocycles. The maximum absolute atomic E-state index is 13.3. The van der Waals surface area contributed by atoms with Crippen LogP contribution in [0.5, 0.6) is 5.75 Å². The lowest BCUT2D eigenvalue weighted by molar-refractivity contribution is -0.132. The lowest BCUT2D eigenvalue weighted by Crippen LogP contribution is -2.39. The number of phenolic OH excluding ortho intramolecular Hbond substituents is 1. The lowest BCUT2D eigenvalue weighted by Gasteiger charge is -2.23. The second-order valence-corrected chi connectivity index (χ2v) is 17.0. The molecular weight excluding hydrogens is 771 g/mol. The quantitative estimate of drug-likeness (QED) is 0.0561. The molecule has 12 nitrogen and oxygen atoms in total. The summed E-state index contributed by atoms with van der Waals surface area (Å²) in [6.07, 6.45) is 3.83. The van der Waals surface area contributed by atoms with Gasteiger partial charge in [-0.3, -0.25) is 19.8 Å².